The fourth-order valence-electron chi connectivity index (χ4n) is 1.43. The molecule has 2 heterocycles. The molecule has 1 saturated heterocycles. The molecule has 2 unspecified atom stereocenters. The lowest BCUT2D eigenvalue weighted by Gasteiger charge is -2.10. The van der Waals surface area contributed by atoms with Gasteiger partial charge in [0, 0.05) is 0 Å². The molecule has 0 aliphatic carbocycles. The van der Waals surface area contributed by atoms with Crippen molar-refractivity contribution in [1.82, 2.24) is 0 Å². The highest BCUT2D eigenvalue weighted by molar-refractivity contribution is 6.04. The zero-order valence-corrected chi connectivity index (χ0v) is 6.19. The molecule has 0 N–H and O–H groups in total. The van der Waals surface area contributed by atoms with Crippen LogP contribution >= 0.6 is 0 Å². The average molecular weight is 162 g/mol. The summed E-state index contributed by atoms with van der Waals surface area (Å²) in [6, 6.07) is 7.21. The fraction of sp³-hybridized carbons (Fsp3) is 0.222. The Bertz CT molecular complexity index is 359. The number of para-hydroxylation sites is 1. The van der Waals surface area contributed by atoms with Gasteiger partial charge in [-0.3, -0.25) is 4.79 Å². The Hall–Kier alpha value is -1.35. The molecule has 0 saturated carbocycles. The molecule has 0 bridgehead atoms. The van der Waals surface area contributed by atoms with Crippen LogP contribution in [0, 0.1) is 0 Å². The van der Waals surface area contributed by atoms with Crippen LogP contribution < -0.4 is 4.74 Å². The van der Waals surface area contributed by atoms with E-state index in [0.717, 1.165) is 0 Å². The third kappa shape index (κ3) is 0.662. The molecule has 3 rings (SSSR count). The summed E-state index contributed by atoms with van der Waals surface area (Å²) < 4.78 is 10.3. The monoisotopic (exact) mass is 162 g/mol. The van der Waals surface area contributed by atoms with Crippen molar-refractivity contribution in [3.8, 4) is 5.75 Å². The van der Waals surface area contributed by atoms with E-state index in [1.165, 1.54) is 0 Å². The first-order chi connectivity index (χ1) is 5.86. The molecular formula is C9H6O3. The Kier molecular flexibility index (Phi) is 0.966. The number of carbonyl (C=O) groups is 1. The molecule has 0 aromatic heterocycles. The fourth-order valence-corrected chi connectivity index (χ4v) is 1.43. The van der Waals surface area contributed by atoms with Crippen molar-refractivity contribution < 1.29 is 14.3 Å². The van der Waals surface area contributed by atoms with Crippen LogP contribution in [-0.4, -0.2) is 18.2 Å². The first kappa shape index (κ1) is 6.20. The molecule has 3 nitrogen and oxygen atoms in total. The molecule has 60 valence electrons. The number of hydrogen-bond acceptors (Lipinski definition) is 3. The van der Waals surface area contributed by atoms with Crippen LogP contribution in [0.4, 0.5) is 0 Å². The number of benzene rings is 1. The van der Waals surface area contributed by atoms with Crippen molar-refractivity contribution >= 4 is 5.78 Å². The third-order valence-corrected chi connectivity index (χ3v) is 2.11. The number of carbonyl (C=O) groups excluding carboxylic acids is 1. The van der Waals surface area contributed by atoms with Crippen molar-refractivity contribution in [2.24, 2.45) is 0 Å². The molecule has 2 aliphatic rings. The number of rotatable bonds is 0. The smallest absolute Gasteiger partial charge is 0.235 e. The molecule has 0 spiro atoms. The van der Waals surface area contributed by atoms with Gasteiger partial charge in [-0.05, 0) is 12.1 Å². The number of fused-ring (bicyclic) bond motifs is 2. The molecule has 0 radical (unpaired) electrons. The van der Waals surface area contributed by atoms with E-state index in [0.29, 0.717) is 11.3 Å². The van der Waals surface area contributed by atoms with Gasteiger partial charge in [-0.1, -0.05) is 12.1 Å². The minimum atomic E-state index is -0.333. The van der Waals surface area contributed by atoms with Gasteiger partial charge >= 0.3 is 0 Å². The van der Waals surface area contributed by atoms with Crippen molar-refractivity contribution in [1.29, 1.82) is 0 Å². The summed E-state index contributed by atoms with van der Waals surface area (Å²) in [4.78, 5) is 11.5. The molecule has 1 aromatic rings. The first-order valence-corrected chi connectivity index (χ1v) is 3.81. The summed E-state index contributed by atoms with van der Waals surface area (Å²) >= 11 is 0. The molecule has 2 aliphatic heterocycles. The van der Waals surface area contributed by atoms with Gasteiger partial charge in [-0.25, -0.2) is 0 Å². The number of ketones is 1. The Morgan fingerprint density at radius 1 is 1.25 bits per heavy atom. The predicted molar refractivity (Wildman–Crippen MR) is 40.1 cm³/mol. The normalized spacial score (nSPS) is 30.2. The average Bonchev–Trinajstić information content (AvgIpc) is 2.84. The lowest BCUT2D eigenvalue weighted by Crippen LogP contribution is -2.20. The molecule has 1 fully saturated rings. The van der Waals surface area contributed by atoms with Crippen LogP contribution in [0.5, 0.6) is 5.75 Å². The van der Waals surface area contributed by atoms with Crippen molar-refractivity contribution in [3.05, 3.63) is 29.8 Å². The standard InChI is InChI=1S/C9H6O3/c10-7-5-3-1-2-4-6(5)11-9-8(7)12-9/h1-4,8-9H. The van der Waals surface area contributed by atoms with Crippen LogP contribution in [0.1, 0.15) is 10.4 Å². The SMILES string of the molecule is O=C1c2ccccc2OC2OC12. The minimum Gasteiger partial charge on any atom is -0.461 e. The van der Waals surface area contributed by atoms with Crippen LogP contribution in [0.3, 0.4) is 0 Å². The second-order valence-corrected chi connectivity index (χ2v) is 2.90. The van der Waals surface area contributed by atoms with E-state index >= 15 is 0 Å². The van der Waals surface area contributed by atoms with Gasteiger partial charge in [0.05, 0.1) is 5.56 Å². The third-order valence-electron chi connectivity index (χ3n) is 2.11. The molecule has 12 heavy (non-hydrogen) atoms. The van der Waals surface area contributed by atoms with Gasteiger partial charge in [-0.15, -0.1) is 0 Å². The molecule has 3 heteroatoms. The van der Waals surface area contributed by atoms with E-state index in [1.807, 2.05) is 12.1 Å². The van der Waals surface area contributed by atoms with Crippen LogP contribution in [0.15, 0.2) is 24.3 Å². The Labute approximate surface area is 68.9 Å². The summed E-state index contributed by atoms with van der Waals surface area (Å²) in [5.41, 5.74) is 0.635. The molecular weight excluding hydrogens is 156 g/mol. The maximum atomic E-state index is 11.5. The van der Waals surface area contributed by atoms with E-state index in [4.69, 9.17) is 9.47 Å². The number of Topliss-reactive ketones (excluding diaryl/α,β-unsaturated/α-hetero) is 1. The van der Waals surface area contributed by atoms with Gasteiger partial charge in [-0.2, -0.15) is 0 Å². The lowest BCUT2D eigenvalue weighted by atomic mass is 10.1. The second-order valence-electron chi connectivity index (χ2n) is 2.90. The van der Waals surface area contributed by atoms with E-state index in [9.17, 15) is 4.79 Å². The number of hydrogen-bond donors (Lipinski definition) is 0. The van der Waals surface area contributed by atoms with Gasteiger partial charge in [0.2, 0.25) is 12.1 Å². The van der Waals surface area contributed by atoms with Crippen LogP contribution in [0.25, 0.3) is 0 Å². The van der Waals surface area contributed by atoms with Crippen LogP contribution in [-0.2, 0) is 4.74 Å². The largest absolute Gasteiger partial charge is 0.461 e. The summed E-state index contributed by atoms with van der Waals surface area (Å²) in [6.07, 6.45) is -0.646. The maximum absolute atomic E-state index is 11.5. The van der Waals surface area contributed by atoms with Crippen molar-refractivity contribution in [2.45, 2.75) is 12.4 Å². The second kappa shape index (κ2) is 1.87. The molecule has 1 aromatic carbocycles. The summed E-state index contributed by atoms with van der Waals surface area (Å²) in [5, 5.41) is 0. The quantitative estimate of drug-likeness (QED) is 0.534. The number of epoxide rings is 1. The van der Waals surface area contributed by atoms with Crippen molar-refractivity contribution in [3.63, 3.8) is 0 Å². The molecule has 0 amide bonds. The van der Waals surface area contributed by atoms with E-state index in [1.54, 1.807) is 12.1 Å². The van der Waals surface area contributed by atoms with Gasteiger partial charge in [0.1, 0.15) is 5.75 Å². The first-order valence-electron chi connectivity index (χ1n) is 3.81. The summed E-state index contributed by atoms with van der Waals surface area (Å²) in [7, 11) is 0. The van der Waals surface area contributed by atoms with Gasteiger partial charge in [0.15, 0.2) is 6.10 Å². The van der Waals surface area contributed by atoms with Crippen molar-refractivity contribution in [2.75, 3.05) is 0 Å². The summed E-state index contributed by atoms with van der Waals surface area (Å²) in [5.74, 6) is 0.683. The maximum Gasteiger partial charge on any atom is 0.235 e. The lowest BCUT2D eigenvalue weighted by molar-refractivity contribution is 0.0946. The van der Waals surface area contributed by atoms with E-state index < -0.39 is 0 Å². The predicted octanol–water partition coefficient (Wildman–Crippen LogP) is 0.987. The molecule has 2 atom stereocenters. The summed E-state index contributed by atoms with van der Waals surface area (Å²) in [6.45, 7) is 0. The van der Waals surface area contributed by atoms with Gasteiger partial charge < -0.3 is 9.47 Å². The highest BCUT2D eigenvalue weighted by Gasteiger charge is 2.51. The van der Waals surface area contributed by atoms with E-state index in [-0.39, 0.29) is 18.2 Å². The van der Waals surface area contributed by atoms with Gasteiger partial charge in [0.25, 0.3) is 0 Å². The minimum absolute atomic E-state index is 0.0434. The van der Waals surface area contributed by atoms with E-state index in [2.05, 4.69) is 0 Å². The highest BCUT2D eigenvalue weighted by atomic mass is 16.8. The zero-order valence-electron chi connectivity index (χ0n) is 6.19. The Morgan fingerprint density at radius 2 is 2.08 bits per heavy atom. The number of ether oxygens (including phenoxy) is 2. The Morgan fingerprint density at radius 3 is 3.00 bits per heavy atom. The topological polar surface area (TPSA) is 38.8 Å². The zero-order chi connectivity index (χ0) is 8.13. The highest BCUT2D eigenvalue weighted by Crippen LogP contribution is 2.37. The van der Waals surface area contributed by atoms with Crippen LogP contribution in [0.2, 0.25) is 0 Å². The Balaban J connectivity index is 2.17.